The van der Waals surface area contributed by atoms with Crippen LogP contribution in [0.2, 0.25) is 0 Å². The molecule has 1 aromatic heterocycles. The lowest BCUT2D eigenvalue weighted by molar-refractivity contribution is 1.18. The third kappa shape index (κ3) is 2.00. The molecule has 0 atom stereocenters. The largest absolute Gasteiger partial charge is 0.309 e. The number of benzene rings is 3. The van der Waals surface area contributed by atoms with E-state index in [1.54, 1.807) is 0 Å². The van der Waals surface area contributed by atoms with Crippen LogP contribution in [0.15, 0.2) is 66.7 Å². The Labute approximate surface area is 135 Å². The van der Waals surface area contributed by atoms with Gasteiger partial charge in [0, 0.05) is 27.6 Å². The Morgan fingerprint density at radius 2 is 1.17 bits per heavy atom. The van der Waals surface area contributed by atoms with Crippen molar-refractivity contribution in [1.29, 1.82) is 0 Å². The minimum Gasteiger partial charge on any atom is -0.309 e. The standard InChI is InChI=1S/C22H13N/c1-3-16-10-12-21-19(14-16)20-15-17(4-2)11-13-22(20)23(21)18-8-6-5-7-9-18/h1-2,5-15H. The van der Waals surface area contributed by atoms with Crippen molar-refractivity contribution in [2.75, 3.05) is 0 Å². The number of hydrogen-bond acceptors (Lipinski definition) is 0. The molecule has 0 saturated carbocycles. The average molecular weight is 291 g/mol. The van der Waals surface area contributed by atoms with Crippen LogP contribution in [0.3, 0.4) is 0 Å². The van der Waals surface area contributed by atoms with E-state index < -0.39 is 0 Å². The second kappa shape index (κ2) is 5.09. The van der Waals surface area contributed by atoms with Crippen molar-refractivity contribution in [2.45, 2.75) is 0 Å². The zero-order valence-electron chi connectivity index (χ0n) is 12.5. The van der Waals surface area contributed by atoms with Crippen molar-refractivity contribution in [2.24, 2.45) is 0 Å². The fraction of sp³-hybridized carbons (Fsp3) is 0. The molecular weight excluding hydrogens is 278 g/mol. The molecule has 0 aliphatic heterocycles. The van der Waals surface area contributed by atoms with Gasteiger partial charge in [0.15, 0.2) is 0 Å². The molecule has 0 N–H and O–H groups in total. The third-order valence-corrected chi connectivity index (χ3v) is 4.11. The van der Waals surface area contributed by atoms with Crippen LogP contribution in [0.4, 0.5) is 0 Å². The molecule has 1 heteroatoms. The maximum atomic E-state index is 5.57. The summed E-state index contributed by atoms with van der Waals surface area (Å²) in [6.07, 6.45) is 11.1. The van der Waals surface area contributed by atoms with Crippen molar-refractivity contribution >= 4 is 21.8 Å². The van der Waals surface area contributed by atoms with Gasteiger partial charge in [0.05, 0.1) is 11.0 Å². The molecule has 0 bridgehead atoms. The van der Waals surface area contributed by atoms with Gasteiger partial charge in [-0.25, -0.2) is 0 Å². The molecular formula is C22H13N. The highest BCUT2D eigenvalue weighted by Gasteiger charge is 2.12. The topological polar surface area (TPSA) is 4.93 Å². The Hall–Kier alpha value is -3.42. The summed E-state index contributed by atoms with van der Waals surface area (Å²) in [5.41, 5.74) is 5.11. The van der Waals surface area contributed by atoms with E-state index in [0.29, 0.717) is 0 Å². The Balaban J connectivity index is 2.20. The number of hydrogen-bond donors (Lipinski definition) is 0. The molecule has 0 amide bonds. The maximum Gasteiger partial charge on any atom is 0.0541 e. The first-order valence-electron chi connectivity index (χ1n) is 7.38. The zero-order valence-corrected chi connectivity index (χ0v) is 12.5. The predicted octanol–water partition coefficient (Wildman–Crippen LogP) is 4.75. The highest BCUT2D eigenvalue weighted by Crippen LogP contribution is 2.33. The number of rotatable bonds is 1. The zero-order chi connectivity index (χ0) is 15.8. The van der Waals surface area contributed by atoms with Crippen LogP contribution in [0, 0.1) is 24.7 Å². The van der Waals surface area contributed by atoms with Gasteiger partial charge in [-0.2, -0.15) is 0 Å². The average Bonchev–Trinajstić information content (AvgIpc) is 2.95. The van der Waals surface area contributed by atoms with Gasteiger partial charge < -0.3 is 4.57 Å². The van der Waals surface area contributed by atoms with Gasteiger partial charge in [-0.15, -0.1) is 12.8 Å². The van der Waals surface area contributed by atoms with Crippen molar-refractivity contribution in [3.05, 3.63) is 77.9 Å². The maximum absolute atomic E-state index is 5.57. The summed E-state index contributed by atoms with van der Waals surface area (Å²) >= 11 is 0. The van der Waals surface area contributed by atoms with Crippen molar-refractivity contribution in [1.82, 2.24) is 4.57 Å². The minimum absolute atomic E-state index is 0.871. The Bertz CT molecular complexity index is 1040. The first kappa shape index (κ1) is 13.3. The highest BCUT2D eigenvalue weighted by molar-refractivity contribution is 6.10. The van der Waals surface area contributed by atoms with E-state index in [2.05, 4.69) is 52.8 Å². The van der Waals surface area contributed by atoms with Crippen molar-refractivity contribution < 1.29 is 0 Å². The van der Waals surface area contributed by atoms with Crippen molar-refractivity contribution in [3.8, 4) is 30.4 Å². The monoisotopic (exact) mass is 291 g/mol. The quantitative estimate of drug-likeness (QED) is 0.446. The molecule has 0 fully saturated rings. The molecule has 1 heterocycles. The number of terminal acetylenes is 2. The minimum atomic E-state index is 0.871. The number of fused-ring (bicyclic) bond motifs is 3. The summed E-state index contributed by atoms with van der Waals surface area (Å²) in [5.74, 6) is 5.42. The lowest BCUT2D eigenvalue weighted by atomic mass is 10.1. The SMILES string of the molecule is C#Cc1ccc2c(c1)c1cc(C#C)ccc1n2-c1ccccc1. The molecule has 1 nitrogen and oxygen atoms in total. The molecule has 0 aliphatic carbocycles. The second-order valence-electron chi connectivity index (χ2n) is 5.42. The summed E-state index contributed by atoms with van der Waals surface area (Å²) in [5, 5.41) is 2.24. The summed E-state index contributed by atoms with van der Waals surface area (Å²) in [6.45, 7) is 0. The van der Waals surface area contributed by atoms with Gasteiger partial charge in [-0.05, 0) is 48.5 Å². The molecule has 0 radical (unpaired) electrons. The van der Waals surface area contributed by atoms with E-state index in [9.17, 15) is 0 Å². The summed E-state index contributed by atoms with van der Waals surface area (Å²) in [7, 11) is 0. The van der Waals surface area contributed by atoms with Crippen LogP contribution in [-0.2, 0) is 0 Å². The van der Waals surface area contributed by atoms with Crippen LogP contribution < -0.4 is 0 Å². The first-order valence-corrected chi connectivity index (χ1v) is 7.38. The summed E-state index contributed by atoms with van der Waals surface area (Å²) < 4.78 is 2.24. The van der Waals surface area contributed by atoms with E-state index in [0.717, 1.165) is 38.6 Å². The molecule has 106 valence electrons. The summed E-state index contributed by atoms with van der Waals surface area (Å²) in [6, 6.07) is 22.5. The highest BCUT2D eigenvalue weighted by atomic mass is 15.0. The fourth-order valence-corrected chi connectivity index (χ4v) is 3.06. The molecule has 3 aromatic carbocycles. The van der Waals surface area contributed by atoms with Gasteiger partial charge in [-0.1, -0.05) is 30.0 Å². The van der Waals surface area contributed by atoms with Crippen LogP contribution in [-0.4, -0.2) is 4.57 Å². The molecule has 0 unspecified atom stereocenters. The van der Waals surface area contributed by atoms with E-state index in [4.69, 9.17) is 12.8 Å². The summed E-state index contributed by atoms with van der Waals surface area (Å²) in [4.78, 5) is 0. The first-order chi connectivity index (χ1) is 11.3. The number of nitrogens with zero attached hydrogens (tertiary/aromatic N) is 1. The van der Waals surface area contributed by atoms with Crippen molar-refractivity contribution in [3.63, 3.8) is 0 Å². The van der Waals surface area contributed by atoms with E-state index in [1.807, 2.05) is 30.3 Å². The predicted molar refractivity (Wildman–Crippen MR) is 96.7 cm³/mol. The molecule has 23 heavy (non-hydrogen) atoms. The lowest BCUT2D eigenvalue weighted by Crippen LogP contribution is -1.93. The smallest absolute Gasteiger partial charge is 0.0541 e. The van der Waals surface area contributed by atoms with Gasteiger partial charge >= 0.3 is 0 Å². The van der Waals surface area contributed by atoms with E-state index >= 15 is 0 Å². The van der Waals surface area contributed by atoms with Gasteiger partial charge in [0.25, 0.3) is 0 Å². The van der Waals surface area contributed by atoms with Crippen LogP contribution in [0.5, 0.6) is 0 Å². The molecule has 4 aromatic rings. The van der Waals surface area contributed by atoms with E-state index in [-0.39, 0.29) is 0 Å². The second-order valence-corrected chi connectivity index (χ2v) is 5.42. The van der Waals surface area contributed by atoms with Gasteiger partial charge in [0.1, 0.15) is 0 Å². The van der Waals surface area contributed by atoms with Gasteiger partial charge in [-0.3, -0.25) is 0 Å². The lowest BCUT2D eigenvalue weighted by Gasteiger charge is -2.07. The fourth-order valence-electron chi connectivity index (χ4n) is 3.06. The van der Waals surface area contributed by atoms with Crippen LogP contribution in [0.25, 0.3) is 27.5 Å². The molecule has 0 saturated heterocycles. The van der Waals surface area contributed by atoms with E-state index in [1.165, 1.54) is 0 Å². The normalized spacial score (nSPS) is 10.5. The van der Waals surface area contributed by atoms with Gasteiger partial charge in [0.2, 0.25) is 0 Å². The number of para-hydroxylation sites is 1. The molecule has 0 aliphatic rings. The Morgan fingerprint density at radius 3 is 1.65 bits per heavy atom. The van der Waals surface area contributed by atoms with Crippen LogP contribution >= 0.6 is 0 Å². The Kier molecular flexibility index (Phi) is 2.94. The Morgan fingerprint density at radius 1 is 0.652 bits per heavy atom. The molecule has 0 spiro atoms. The molecule has 4 rings (SSSR count). The van der Waals surface area contributed by atoms with Crippen LogP contribution in [0.1, 0.15) is 11.1 Å². The third-order valence-electron chi connectivity index (χ3n) is 4.11. The number of aromatic nitrogens is 1.